The van der Waals surface area contributed by atoms with Crippen molar-refractivity contribution in [3.8, 4) is 22.8 Å². The number of hydrogen-bond donors (Lipinski definition) is 3. The van der Waals surface area contributed by atoms with Crippen molar-refractivity contribution >= 4 is 41.0 Å². The fraction of sp³-hybridized carbons (Fsp3) is 0.242. The highest BCUT2D eigenvalue weighted by atomic mass is 19.4. The molecule has 1 aliphatic heterocycles. The zero-order chi connectivity index (χ0) is 36.3. The molecule has 0 radical (unpaired) electrons. The average Bonchev–Trinajstić information content (AvgIpc) is 3.05. The molecule has 3 amide bonds. The van der Waals surface area contributed by atoms with Gasteiger partial charge in [-0.05, 0) is 69.0 Å². The summed E-state index contributed by atoms with van der Waals surface area (Å²) < 4.78 is 81.3. The summed E-state index contributed by atoms with van der Waals surface area (Å²) in [7, 11) is 5.02. The van der Waals surface area contributed by atoms with Crippen LogP contribution in [0.25, 0.3) is 11.3 Å². The van der Waals surface area contributed by atoms with Crippen LogP contribution in [0.2, 0.25) is 0 Å². The van der Waals surface area contributed by atoms with E-state index in [0.29, 0.717) is 17.2 Å². The van der Waals surface area contributed by atoms with Crippen molar-refractivity contribution in [3.05, 3.63) is 82.9 Å². The van der Waals surface area contributed by atoms with Gasteiger partial charge in [-0.25, -0.2) is 28.3 Å². The van der Waals surface area contributed by atoms with Crippen LogP contribution in [0.15, 0.2) is 54.6 Å². The summed E-state index contributed by atoms with van der Waals surface area (Å²) in [4.78, 5) is 50.6. The van der Waals surface area contributed by atoms with Crippen molar-refractivity contribution in [2.24, 2.45) is 0 Å². The van der Waals surface area contributed by atoms with Crippen molar-refractivity contribution in [1.29, 1.82) is 0 Å². The minimum absolute atomic E-state index is 0.00877. The summed E-state index contributed by atoms with van der Waals surface area (Å²) in [6, 6.07) is 10.6. The van der Waals surface area contributed by atoms with Crippen molar-refractivity contribution in [2.75, 3.05) is 49.8 Å². The first-order valence-electron chi connectivity index (χ1n) is 14.9. The Bertz CT molecular complexity index is 1930. The van der Waals surface area contributed by atoms with Gasteiger partial charge in [-0.2, -0.15) is 18.2 Å². The molecule has 0 unspecified atom stereocenters. The molecule has 2 heterocycles. The smallest absolute Gasteiger partial charge is 0.491 e. The highest BCUT2D eigenvalue weighted by Crippen LogP contribution is 2.44. The maximum atomic E-state index is 15.1. The number of methoxy groups -OCH3 is 1. The molecule has 262 valence electrons. The second-order valence-electron chi connectivity index (χ2n) is 11.2. The SMILES string of the molecule is COc1ccc(NC(=O)c2ccc(C)c(-c3nc(NCCN(C)C)nc4c3CNC(=O)N4c3c(F)cccc3F)c2OC(=O)C(F)(F)F)cc1. The molecule has 3 aromatic carbocycles. The summed E-state index contributed by atoms with van der Waals surface area (Å²) in [5, 5.41) is 7.98. The first-order valence-corrected chi connectivity index (χ1v) is 14.9. The number of ether oxygens (including phenoxy) is 2. The first kappa shape index (κ1) is 35.5. The van der Waals surface area contributed by atoms with Gasteiger partial charge in [-0.1, -0.05) is 12.1 Å². The van der Waals surface area contributed by atoms with E-state index in [0.717, 1.165) is 18.2 Å². The van der Waals surface area contributed by atoms with Crippen LogP contribution in [0.1, 0.15) is 21.5 Å². The number of halogens is 5. The molecule has 0 atom stereocenters. The Morgan fingerprint density at radius 2 is 1.70 bits per heavy atom. The van der Waals surface area contributed by atoms with Crippen molar-refractivity contribution in [3.63, 3.8) is 0 Å². The number of hydrogen-bond acceptors (Lipinski definition) is 9. The number of urea groups is 1. The Morgan fingerprint density at radius 1 is 1.02 bits per heavy atom. The first-order chi connectivity index (χ1) is 23.7. The largest absolute Gasteiger partial charge is 0.497 e. The van der Waals surface area contributed by atoms with Gasteiger partial charge in [0.1, 0.15) is 23.1 Å². The molecule has 17 heteroatoms. The Labute approximate surface area is 282 Å². The summed E-state index contributed by atoms with van der Waals surface area (Å²) in [6.45, 7) is 1.79. The van der Waals surface area contributed by atoms with Crippen LogP contribution in [0.5, 0.6) is 11.5 Å². The van der Waals surface area contributed by atoms with E-state index in [1.165, 1.54) is 50.4 Å². The number of esters is 1. The van der Waals surface area contributed by atoms with E-state index in [4.69, 9.17) is 9.47 Å². The second-order valence-corrected chi connectivity index (χ2v) is 11.2. The maximum absolute atomic E-state index is 15.1. The third kappa shape index (κ3) is 7.41. The molecular formula is C33H30F5N7O5. The molecule has 0 bridgehead atoms. The number of rotatable bonds is 10. The third-order valence-electron chi connectivity index (χ3n) is 7.44. The summed E-state index contributed by atoms with van der Waals surface area (Å²) in [6.07, 6.45) is -5.47. The molecule has 0 saturated carbocycles. The van der Waals surface area contributed by atoms with Gasteiger partial charge < -0.3 is 30.3 Å². The number of nitrogens with one attached hydrogen (secondary N) is 3. The summed E-state index contributed by atoms with van der Waals surface area (Å²) in [5.41, 5.74) is -1.27. The number of para-hydroxylation sites is 1. The second kappa shape index (κ2) is 14.3. The lowest BCUT2D eigenvalue weighted by Crippen LogP contribution is -2.43. The standard InChI is InChI=1S/C33H30F5N7O5/c1-17-8-13-20(29(46)41-18-9-11-19(49-4)12-10-18)27(50-30(47)33(36,37)38)24(17)25-21-16-40-32(48)45(26-22(34)6-5-7-23(26)35)28(21)43-31(42-25)39-14-15-44(2)3/h5-13H,14-16H2,1-4H3,(H,40,48)(H,41,46)(H,39,42,43). The van der Waals surface area contributed by atoms with E-state index in [2.05, 4.69) is 25.9 Å². The zero-order valence-corrected chi connectivity index (χ0v) is 27.0. The van der Waals surface area contributed by atoms with Gasteiger partial charge >= 0.3 is 18.2 Å². The van der Waals surface area contributed by atoms with Crippen LogP contribution >= 0.6 is 0 Å². The fourth-order valence-electron chi connectivity index (χ4n) is 5.03. The zero-order valence-electron chi connectivity index (χ0n) is 27.0. The topological polar surface area (TPSA) is 138 Å². The molecule has 0 spiro atoms. The lowest BCUT2D eigenvalue weighted by molar-refractivity contribution is -0.189. The van der Waals surface area contributed by atoms with Crippen molar-refractivity contribution in [2.45, 2.75) is 19.6 Å². The van der Waals surface area contributed by atoms with Crippen LogP contribution in [0.4, 0.5) is 49.9 Å². The fourth-order valence-corrected chi connectivity index (χ4v) is 5.03. The molecule has 12 nitrogen and oxygen atoms in total. The van der Waals surface area contributed by atoms with Gasteiger partial charge in [-0.15, -0.1) is 0 Å². The molecule has 0 saturated heterocycles. The minimum Gasteiger partial charge on any atom is -0.497 e. The summed E-state index contributed by atoms with van der Waals surface area (Å²) >= 11 is 0. The molecule has 3 N–H and O–H groups in total. The van der Waals surface area contributed by atoms with Gasteiger partial charge in [0, 0.05) is 29.9 Å². The Balaban J connectivity index is 1.76. The molecular weight excluding hydrogens is 669 g/mol. The normalized spacial score (nSPS) is 12.7. The molecule has 5 rings (SSSR count). The van der Waals surface area contributed by atoms with Gasteiger partial charge in [0.15, 0.2) is 11.6 Å². The number of benzene rings is 3. The van der Waals surface area contributed by atoms with Gasteiger partial charge in [-0.3, -0.25) is 4.79 Å². The third-order valence-corrected chi connectivity index (χ3v) is 7.44. The maximum Gasteiger partial charge on any atom is 0.491 e. The predicted octanol–water partition coefficient (Wildman–Crippen LogP) is 5.79. The van der Waals surface area contributed by atoms with Crippen LogP contribution < -0.4 is 30.3 Å². The lowest BCUT2D eigenvalue weighted by Gasteiger charge is -2.31. The Kier molecular flexibility index (Phi) is 10.2. The van der Waals surface area contributed by atoms with Crippen LogP contribution in [-0.2, 0) is 11.3 Å². The quantitative estimate of drug-likeness (QED) is 0.107. The van der Waals surface area contributed by atoms with Gasteiger partial charge in [0.05, 0.1) is 24.9 Å². The molecule has 0 aliphatic carbocycles. The number of carbonyl (C=O) groups excluding carboxylic acids is 3. The number of aryl methyl sites for hydroxylation is 1. The van der Waals surface area contributed by atoms with Crippen LogP contribution in [0.3, 0.4) is 0 Å². The molecule has 0 fully saturated rings. The van der Waals surface area contributed by atoms with E-state index in [1.807, 2.05) is 4.90 Å². The Hall–Kier alpha value is -5.84. The van der Waals surface area contributed by atoms with Crippen LogP contribution in [-0.4, -0.2) is 73.2 Å². The molecule has 50 heavy (non-hydrogen) atoms. The number of nitrogens with zero attached hydrogens (tertiary/aromatic N) is 4. The molecule has 4 aromatic rings. The molecule has 1 aromatic heterocycles. The highest BCUT2D eigenvalue weighted by molar-refractivity contribution is 6.09. The van der Waals surface area contributed by atoms with E-state index in [9.17, 15) is 27.6 Å². The monoisotopic (exact) mass is 699 g/mol. The number of amides is 3. The van der Waals surface area contributed by atoms with E-state index in [1.54, 1.807) is 14.1 Å². The average molecular weight is 700 g/mol. The lowest BCUT2D eigenvalue weighted by atomic mass is 9.95. The predicted molar refractivity (Wildman–Crippen MR) is 173 cm³/mol. The number of aromatic nitrogens is 2. The molecule has 1 aliphatic rings. The van der Waals surface area contributed by atoms with Gasteiger partial charge in [0.2, 0.25) is 5.95 Å². The van der Waals surface area contributed by atoms with Crippen LogP contribution in [0, 0.1) is 18.6 Å². The number of alkyl halides is 3. The highest BCUT2D eigenvalue weighted by Gasteiger charge is 2.43. The summed E-state index contributed by atoms with van der Waals surface area (Å²) in [5.74, 6) is -6.62. The van der Waals surface area contributed by atoms with E-state index >= 15 is 8.78 Å². The number of anilines is 4. The number of carbonyl (C=O) groups is 3. The van der Waals surface area contributed by atoms with Crippen molar-refractivity contribution in [1.82, 2.24) is 20.2 Å². The Morgan fingerprint density at radius 3 is 2.32 bits per heavy atom. The van der Waals surface area contributed by atoms with E-state index in [-0.39, 0.29) is 52.9 Å². The number of fused-ring (bicyclic) bond motifs is 1. The minimum atomic E-state index is -5.47. The van der Waals surface area contributed by atoms with Gasteiger partial charge in [0.25, 0.3) is 5.91 Å². The van der Waals surface area contributed by atoms with E-state index < -0.39 is 52.7 Å². The van der Waals surface area contributed by atoms with Crippen molar-refractivity contribution < 1.29 is 45.8 Å². The number of likely N-dealkylation sites (N-methyl/N-ethyl adjacent to an activating group) is 1.